The topological polar surface area (TPSA) is 55.1 Å². The van der Waals surface area contributed by atoms with Gasteiger partial charge >= 0.3 is 0 Å². The molecule has 1 atom stereocenters. The van der Waals surface area contributed by atoms with Crippen LogP contribution in [0.3, 0.4) is 0 Å². The average molecular weight is 284 g/mol. The van der Waals surface area contributed by atoms with E-state index in [0.717, 1.165) is 5.75 Å². The minimum atomic E-state index is -0.406. The van der Waals surface area contributed by atoms with Gasteiger partial charge in [0.2, 0.25) is 5.91 Å². The van der Waals surface area contributed by atoms with E-state index in [1.54, 1.807) is 11.8 Å². The molecule has 1 aromatic carbocycles. The highest BCUT2D eigenvalue weighted by molar-refractivity contribution is 7.99. The van der Waals surface area contributed by atoms with Crippen molar-refractivity contribution in [3.63, 3.8) is 0 Å². The second kappa shape index (κ2) is 7.38. The summed E-state index contributed by atoms with van der Waals surface area (Å²) in [5.41, 5.74) is 6.34. The van der Waals surface area contributed by atoms with E-state index in [0.29, 0.717) is 23.3 Å². The maximum atomic E-state index is 12.9. The van der Waals surface area contributed by atoms with E-state index in [-0.39, 0.29) is 11.6 Å². The van der Waals surface area contributed by atoms with Gasteiger partial charge in [0.25, 0.3) is 0 Å². The van der Waals surface area contributed by atoms with Gasteiger partial charge in [-0.15, -0.1) is 0 Å². The zero-order valence-electron chi connectivity index (χ0n) is 11.6. The third-order valence-electron chi connectivity index (χ3n) is 2.94. The molecule has 1 unspecified atom stereocenters. The van der Waals surface area contributed by atoms with Crippen LogP contribution in [0.5, 0.6) is 0 Å². The maximum absolute atomic E-state index is 12.9. The van der Waals surface area contributed by atoms with Gasteiger partial charge in [0, 0.05) is 17.4 Å². The molecular formula is C14H21FN2OS. The number of halogens is 1. The van der Waals surface area contributed by atoms with Crippen molar-refractivity contribution in [3.05, 3.63) is 24.0 Å². The number of benzene rings is 1. The molecule has 0 spiro atoms. The molecule has 3 N–H and O–H groups in total. The molecule has 0 bridgehead atoms. The first-order chi connectivity index (χ1) is 8.90. The van der Waals surface area contributed by atoms with Crippen LogP contribution in [0.1, 0.15) is 27.2 Å². The molecule has 0 aliphatic rings. The smallest absolute Gasteiger partial charge is 0.225 e. The highest BCUT2D eigenvalue weighted by atomic mass is 32.2. The largest absolute Gasteiger partial charge is 0.397 e. The summed E-state index contributed by atoms with van der Waals surface area (Å²) in [4.78, 5) is 11.7. The van der Waals surface area contributed by atoms with Gasteiger partial charge in [0.15, 0.2) is 0 Å². The van der Waals surface area contributed by atoms with E-state index >= 15 is 0 Å². The van der Waals surface area contributed by atoms with Gasteiger partial charge in [-0.25, -0.2) is 4.39 Å². The fourth-order valence-electron chi connectivity index (χ4n) is 1.39. The number of nitrogens with one attached hydrogen (secondary N) is 1. The van der Waals surface area contributed by atoms with Gasteiger partial charge in [-0.2, -0.15) is 11.8 Å². The molecule has 1 amide bonds. The number of hydrogen-bond acceptors (Lipinski definition) is 3. The van der Waals surface area contributed by atoms with Crippen LogP contribution in [0.15, 0.2) is 18.2 Å². The number of nitrogen functional groups attached to an aromatic ring is 1. The van der Waals surface area contributed by atoms with Gasteiger partial charge in [0.05, 0.1) is 11.4 Å². The number of nitrogens with two attached hydrogens (primary N) is 1. The monoisotopic (exact) mass is 284 g/mol. The Morgan fingerprint density at radius 3 is 2.68 bits per heavy atom. The number of carbonyl (C=O) groups is 1. The van der Waals surface area contributed by atoms with E-state index in [2.05, 4.69) is 26.1 Å². The number of anilines is 2. The molecule has 0 saturated heterocycles. The van der Waals surface area contributed by atoms with Gasteiger partial charge in [0.1, 0.15) is 5.82 Å². The lowest BCUT2D eigenvalue weighted by Gasteiger charge is -2.14. The summed E-state index contributed by atoms with van der Waals surface area (Å²) in [5, 5.41) is 3.23. The first-order valence-electron chi connectivity index (χ1n) is 6.36. The predicted octanol–water partition coefficient (Wildman–Crippen LogP) is 3.51. The lowest BCUT2D eigenvalue weighted by Crippen LogP contribution is -2.15. The zero-order chi connectivity index (χ0) is 14.4. The fourth-order valence-corrected chi connectivity index (χ4v) is 2.45. The molecule has 0 saturated carbocycles. The Balaban J connectivity index is 2.39. The number of thioether (sulfide) groups is 1. The van der Waals surface area contributed by atoms with Crippen LogP contribution < -0.4 is 11.1 Å². The Hall–Kier alpha value is -1.23. The maximum Gasteiger partial charge on any atom is 0.225 e. The molecule has 106 valence electrons. The molecule has 19 heavy (non-hydrogen) atoms. The Bertz CT molecular complexity index is 437. The van der Waals surface area contributed by atoms with Crippen molar-refractivity contribution in [1.82, 2.24) is 0 Å². The van der Waals surface area contributed by atoms with Crippen molar-refractivity contribution in [1.29, 1.82) is 0 Å². The molecule has 1 rings (SSSR count). The van der Waals surface area contributed by atoms with E-state index < -0.39 is 5.82 Å². The molecular weight excluding hydrogens is 263 g/mol. The number of hydrogen-bond donors (Lipinski definition) is 2. The molecule has 0 aliphatic heterocycles. The molecule has 0 aromatic heterocycles. The SMILES string of the molecule is CC(C)C(C)SCCC(=O)Nc1ccc(F)cc1N. The Labute approximate surface area is 118 Å². The molecule has 5 heteroatoms. The highest BCUT2D eigenvalue weighted by Gasteiger charge is 2.10. The lowest BCUT2D eigenvalue weighted by atomic mass is 10.2. The van der Waals surface area contributed by atoms with Crippen molar-refractivity contribution >= 4 is 29.0 Å². The molecule has 0 fully saturated rings. The van der Waals surface area contributed by atoms with Crippen LogP contribution >= 0.6 is 11.8 Å². The van der Waals surface area contributed by atoms with Crippen molar-refractivity contribution in [2.75, 3.05) is 16.8 Å². The van der Waals surface area contributed by atoms with Gasteiger partial charge < -0.3 is 11.1 Å². The van der Waals surface area contributed by atoms with Gasteiger partial charge in [-0.1, -0.05) is 20.8 Å². The normalized spacial score (nSPS) is 12.5. The minimum absolute atomic E-state index is 0.0956. The third-order valence-corrected chi connectivity index (χ3v) is 4.45. The molecule has 0 aliphatic carbocycles. The van der Waals surface area contributed by atoms with Crippen LogP contribution in [-0.4, -0.2) is 16.9 Å². The molecule has 3 nitrogen and oxygen atoms in total. The summed E-state index contributed by atoms with van der Waals surface area (Å²) in [6, 6.07) is 3.96. The third kappa shape index (κ3) is 5.51. The van der Waals surface area contributed by atoms with Crippen LogP contribution in [-0.2, 0) is 4.79 Å². The highest BCUT2D eigenvalue weighted by Crippen LogP contribution is 2.21. The lowest BCUT2D eigenvalue weighted by molar-refractivity contribution is -0.115. The summed E-state index contributed by atoms with van der Waals surface area (Å²) in [7, 11) is 0. The number of rotatable bonds is 6. The first kappa shape index (κ1) is 15.8. The summed E-state index contributed by atoms with van der Waals surface area (Å²) < 4.78 is 12.9. The first-order valence-corrected chi connectivity index (χ1v) is 7.41. The zero-order valence-corrected chi connectivity index (χ0v) is 12.4. The van der Waals surface area contributed by atoms with Gasteiger partial charge in [-0.3, -0.25) is 4.79 Å². The summed E-state index contributed by atoms with van der Waals surface area (Å²) in [6.45, 7) is 6.49. The fraction of sp³-hybridized carbons (Fsp3) is 0.500. The Morgan fingerprint density at radius 2 is 2.11 bits per heavy atom. The molecule has 1 aromatic rings. The summed E-state index contributed by atoms with van der Waals surface area (Å²) in [5.74, 6) is 0.867. The second-order valence-electron chi connectivity index (χ2n) is 4.85. The predicted molar refractivity (Wildman–Crippen MR) is 80.8 cm³/mol. The Morgan fingerprint density at radius 1 is 1.42 bits per heavy atom. The van der Waals surface area contributed by atoms with Crippen LogP contribution in [0.4, 0.5) is 15.8 Å². The van der Waals surface area contributed by atoms with E-state index in [9.17, 15) is 9.18 Å². The standard InChI is InChI=1S/C14H21FN2OS/c1-9(2)10(3)19-7-6-14(18)17-13-5-4-11(15)8-12(13)16/h4-5,8-10H,6-7,16H2,1-3H3,(H,17,18). The quantitative estimate of drug-likeness (QED) is 0.786. The van der Waals surface area contributed by atoms with Crippen LogP contribution in [0.2, 0.25) is 0 Å². The Kier molecular flexibility index (Phi) is 6.15. The van der Waals surface area contributed by atoms with Crippen molar-refractivity contribution < 1.29 is 9.18 Å². The van der Waals surface area contributed by atoms with E-state index in [1.165, 1.54) is 18.2 Å². The summed E-state index contributed by atoms with van der Waals surface area (Å²) in [6.07, 6.45) is 0.429. The van der Waals surface area contributed by atoms with Crippen molar-refractivity contribution in [3.8, 4) is 0 Å². The van der Waals surface area contributed by atoms with Gasteiger partial charge in [-0.05, 0) is 24.1 Å². The average Bonchev–Trinajstić information content (AvgIpc) is 2.32. The van der Waals surface area contributed by atoms with Crippen LogP contribution in [0, 0.1) is 11.7 Å². The molecule has 0 heterocycles. The minimum Gasteiger partial charge on any atom is -0.397 e. The van der Waals surface area contributed by atoms with E-state index in [4.69, 9.17) is 5.73 Å². The number of amides is 1. The van der Waals surface area contributed by atoms with Crippen molar-refractivity contribution in [2.45, 2.75) is 32.4 Å². The number of carbonyl (C=O) groups excluding carboxylic acids is 1. The summed E-state index contributed by atoms with van der Waals surface area (Å²) >= 11 is 1.78. The van der Waals surface area contributed by atoms with Crippen LogP contribution in [0.25, 0.3) is 0 Å². The van der Waals surface area contributed by atoms with Crippen molar-refractivity contribution in [2.24, 2.45) is 5.92 Å². The molecule has 0 radical (unpaired) electrons. The van der Waals surface area contributed by atoms with E-state index in [1.807, 2.05) is 0 Å². The second-order valence-corrected chi connectivity index (χ2v) is 6.33.